The molecule has 1 aromatic rings. The van der Waals surface area contributed by atoms with Crippen LogP contribution in [0.15, 0.2) is 24.5 Å². The molecular weight excluding hydrogens is 143 g/mol. The monoisotopic (exact) mass is 154 g/mol. The van der Waals surface area contributed by atoms with E-state index >= 15 is 0 Å². The minimum absolute atomic E-state index is 0.378. The molecule has 0 saturated carbocycles. The molecular formula is C8H11FN2. The molecule has 1 aromatic heterocycles. The van der Waals surface area contributed by atoms with Crippen molar-refractivity contribution in [3.8, 4) is 0 Å². The first-order chi connectivity index (χ1) is 5.34. The van der Waals surface area contributed by atoms with Crippen LogP contribution < -0.4 is 5.73 Å². The Morgan fingerprint density at radius 1 is 1.45 bits per heavy atom. The summed E-state index contributed by atoms with van der Waals surface area (Å²) in [7, 11) is 0. The fourth-order valence-corrected chi connectivity index (χ4v) is 0.885. The summed E-state index contributed by atoms with van der Waals surface area (Å²) in [5.74, 6) is 0. The number of hydrogen-bond acceptors (Lipinski definition) is 2. The van der Waals surface area contributed by atoms with Gasteiger partial charge in [0.1, 0.15) is 6.17 Å². The van der Waals surface area contributed by atoms with Crippen molar-refractivity contribution >= 4 is 0 Å². The van der Waals surface area contributed by atoms with Gasteiger partial charge in [0.15, 0.2) is 0 Å². The minimum Gasteiger partial charge on any atom is -0.330 e. The molecule has 3 heteroatoms. The molecule has 2 N–H and O–H groups in total. The molecule has 0 spiro atoms. The van der Waals surface area contributed by atoms with E-state index in [9.17, 15) is 4.39 Å². The molecule has 1 unspecified atom stereocenters. The van der Waals surface area contributed by atoms with E-state index in [0.29, 0.717) is 18.5 Å². The zero-order valence-electron chi connectivity index (χ0n) is 6.20. The highest BCUT2D eigenvalue weighted by molar-refractivity contribution is 5.12. The summed E-state index contributed by atoms with van der Waals surface area (Å²) in [6.45, 7) is 0.378. The van der Waals surface area contributed by atoms with Crippen molar-refractivity contribution in [1.82, 2.24) is 4.98 Å². The molecule has 1 atom stereocenters. The standard InChI is InChI=1S/C8H11FN2/c9-8(1-4-10)7-2-5-11-6-3-7/h2-3,5-6,8H,1,4,10H2. The summed E-state index contributed by atoms with van der Waals surface area (Å²) in [6, 6.07) is 3.33. The van der Waals surface area contributed by atoms with Gasteiger partial charge in [-0.3, -0.25) is 4.98 Å². The minimum atomic E-state index is -0.942. The second-order valence-electron chi connectivity index (χ2n) is 2.33. The molecule has 0 fully saturated rings. The van der Waals surface area contributed by atoms with Gasteiger partial charge < -0.3 is 5.73 Å². The van der Waals surface area contributed by atoms with Crippen molar-refractivity contribution in [3.63, 3.8) is 0 Å². The Kier molecular flexibility index (Phi) is 2.98. The van der Waals surface area contributed by atoms with E-state index in [4.69, 9.17) is 5.73 Å². The van der Waals surface area contributed by atoms with E-state index < -0.39 is 6.17 Å². The third-order valence-electron chi connectivity index (χ3n) is 1.49. The molecule has 0 saturated heterocycles. The Balaban J connectivity index is 2.61. The number of nitrogens with zero attached hydrogens (tertiary/aromatic N) is 1. The van der Waals surface area contributed by atoms with Gasteiger partial charge in [0.25, 0.3) is 0 Å². The van der Waals surface area contributed by atoms with E-state index in [1.54, 1.807) is 24.5 Å². The molecule has 0 aliphatic carbocycles. The Morgan fingerprint density at radius 2 is 2.09 bits per heavy atom. The van der Waals surface area contributed by atoms with Crippen LogP contribution in [-0.2, 0) is 0 Å². The van der Waals surface area contributed by atoms with Crippen LogP contribution in [0.3, 0.4) is 0 Å². The van der Waals surface area contributed by atoms with Crippen molar-refractivity contribution in [1.29, 1.82) is 0 Å². The normalized spacial score (nSPS) is 12.9. The average molecular weight is 154 g/mol. The highest BCUT2D eigenvalue weighted by Gasteiger charge is 2.06. The fourth-order valence-electron chi connectivity index (χ4n) is 0.885. The van der Waals surface area contributed by atoms with Crippen LogP contribution in [-0.4, -0.2) is 11.5 Å². The van der Waals surface area contributed by atoms with Crippen LogP contribution in [0, 0.1) is 0 Å². The summed E-state index contributed by atoms with van der Waals surface area (Å²) < 4.78 is 13.0. The predicted molar refractivity (Wildman–Crippen MR) is 41.8 cm³/mol. The van der Waals surface area contributed by atoms with Gasteiger partial charge in [-0.2, -0.15) is 0 Å². The topological polar surface area (TPSA) is 38.9 Å². The molecule has 0 bridgehead atoms. The lowest BCUT2D eigenvalue weighted by atomic mass is 10.1. The number of nitrogens with two attached hydrogens (primary N) is 1. The maximum atomic E-state index is 13.0. The van der Waals surface area contributed by atoms with E-state index in [-0.39, 0.29) is 0 Å². The Bertz CT molecular complexity index is 201. The first-order valence-electron chi connectivity index (χ1n) is 3.58. The van der Waals surface area contributed by atoms with Crippen molar-refractivity contribution in [2.45, 2.75) is 12.6 Å². The Hall–Kier alpha value is -0.960. The summed E-state index contributed by atoms with van der Waals surface area (Å²) >= 11 is 0. The van der Waals surface area contributed by atoms with Gasteiger partial charge in [-0.15, -0.1) is 0 Å². The van der Waals surface area contributed by atoms with Crippen LogP contribution >= 0.6 is 0 Å². The zero-order valence-corrected chi connectivity index (χ0v) is 6.20. The summed E-state index contributed by atoms with van der Waals surface area (Å²) in [4.78, 5) is 3.79. The molecule has 0 aliphatic heterocycles. The van der Waals surface area contributed by atoms with E-state index in [0.717, 1.165) is 0 Å². The number of rotatable bonds is 3. The molecule has 0 radical (unpaired) electrons. The zero-order chi connectivity index (χ0) is 8.10. The first kappa shape index (κ1) is 8.14. The van der Waals surface area contributed by atoms with Gasteiger partial charge in [-0.25, -0.2) is 4.39 Å². The quantitative estimate of drug-likeness (QED) is 0.715. The second-order valence-corrected chi connectivity index (χ2v) is 2.33. The van der Waals surface area contributed by atoms with Crippen molar-refractivity contribution < 1.29 is 4.39 Å². The third-order valence-corrected chi connectivity index (χ3v) is 1.49. The molecule has 0 aromatic carbocycles. The maximum Gasteiger partial charge on any atom is 0.126 e. The number of hydrogen-bond donors (Lipinski definition) is 1. The van der Waals surface area contributed by atoms with Gasteiger partial charge in [-0.1, -0.05) is 0 Å². The van der Waals surface area contributed by atoms with Crippen LogP contribution in [0.4, 0.5) is 4.39 Å². The molecule has 0 amide bonds. The number of alkyl halides is 1. The van der Waals surface area contributed by atoms with Crippen LogP contribution in [0.2, 0.25) is 0 Å². The van der Waals surface area contributed by atoms with Crippen LogP contribution in [0.5, 0.6) is 0 Å². The largest absolute Gasteiger partial charge is 0.330 e. The lowest BCUT2D eigenvalue weighted by Gasteiger charge is -2.04. The molecule has 2 nitrogen and oxygen atoms in total. The number of pyridine rings is 1. The Morgan fingerprint density at radius 3 is 2.64 bits per heavy atom. The van der Waals surface area contributed by atoms with Crippen LogP contribution in [0.25, 0.3) is 0 Å². The van der Waals surface area contributed by atoms with E-state index in [1.807, 2.05) is 0 Å². The predicted octanol–water partition coefficient (Wildman–Crippen LogP) is 1.44. The smallest absolute Gasteiger partial charge is 0.126 e. The lowest BCUT2D eigenvalue weighted by molar-refractivity contribution is 0.327. The SMILES string of the molecule is NCCC(F)c1ccncc1. The van der Waals surface area contributed by atoms with Crippen molar-refractivity contribution in [2.24, 2.45) is 5.73 Å². The second kappa shape index (κ2) is 4.03. The highest BCUT2D eigenvalue weighted by atomic mass is 19.1. The van der Waals surface area contributed by atoms with Crippen LogP contribution in [0.1, 0.15) is 18.2 Å². The molecule has 1 rings (SSSR count). The molecule has 60 valence electrons. The third kappa shape index (κ3) is 2.27. The maximum absolute atomic E-state index is 13.0. The summed E-state index contributed by atoms with van der Waals surface area (Å²) in [6.07, 6.45) is 2.60. The van der Waals surface area contributed by atoms with E-state index in [1.165, 1.54) is 0 Å². The first-order valence-corrected chi connectivity index (χ1v) is 3.58. The van der Waals surface area contributed by atoms with Gasteiger partial charge in [-0.05, 0) is 30.7 Å². The van der Waals surface area contributed by atoms with Crippen molar-refractivity contribution in [2.75, 3.05) is 6.54 Å². The van der Waals surface area contributed by atoms with E-state index in [2.05, 4.69) is 4.98 Å². The summed E-state index contributed by atoms with van der Waals surface area (Å²) in [5, 5.41) is 0. The van der Waals surface area contributed by atoms with Gasteiger partial charge in [0.05, 0.1) is 0 Å². The number of aromatic nitrogens is 1. The molecule has 0 aliphatic rings. The Labute approximate surface area is 65.3 Å². The average Bonchev–Trinajstić information content (AvgIpc) is 2.07. The number of halogens is 1. The van der Waals surface area contributed by atoms with Gasteiger partial charge >= 0.3 is 0 Å². The molecule has 11 heavy (non-hydrogen) atoms. The summed E-state index contributed by atoms with van der Waals surface area (Å²) in [5.41, 5.74) is 5.87. The van der Waals surface area contributed by atoms with Gasteiger partial charge in [0.2, 0.25) is 0 Å². The lowest BCUT2D eigenvalue weighted by Crippen LogP contribution is -2.03. The highest BCUT2D eigenvalue weighted by Crippen LogP contribution is 2.18. The van der Waals surface area contributed by atoms with Gasteiger partial charge in [0, 0.05) is 12.4 Å². The fraction of sp³-hybridized carbons (Fsp3) is 0.375. The van der Waals surface area contributed by atoms with Crippen molar-refractivity contribution in [3.05, 3.63) is 30.1 Å². The molecule has 1 heterocycles.